The van der Waals surface area contributed by atoms with Crippen molar-refractivity contribution in [2.75, 3.05) is 18.3 Å². The van der Waals surface area contributed by atoms with Gasteiger partial charge in [0.15, 0.2) is 0 Å². The largest absolute Gasteiger partial charge is 0.353 e. The first-order chi connectivity index (χ1) is 10.7. The van der Waals surface area contributed by atoms with Crippen molar-refractivity contribution in [3.8, 4) is 0 Å². The third-order valence-corrected chi connectivity index (χ3v) is 3.59. The maximum absolute atomic E-state index is 5.65. The Morgan fingerprint density at radius 3 is 2.41 bits per heavy atom. The van der Waals surface area contributed by atoms with Gasteiger partial charge in [0.1, 0.15) is 6.73 Å². The summed E-state index contributed by atoms with van der Waals surface area (Å²) in [7, 11) is 0. The van der Waals surface area contributed by atoms with Crippen LogP contribution in [0.3, 0.4) is 0 Å². The van der Waals surface area contributed by atoms with Gasteiger partial charge in [-0.05, 0) is 31.9 Å². The lowest BCUT2D eigenvalue weighted by atomic mass is 10.1. The van der Waals surface area contributed by atoms with Crippen molar-refractivity contribution in [1.29, 1.82) is 0 Å². The van der Waals surface area contributed by atoms with Crippen molar-refractivity contribution < 1.29 is 4.74 Å². The number of anilines is 1. The summed E-state index contributed by atoms with van der Waals surface area (Å²) < 4.78 is 5.65. The molecule has 0 aliphatic carbocycles. The van der Waals surface area contributed by atoms with Gasteiger partial charge in [-0.1, -0.05) is 31.2 Å². The van der Waals surface area contributed by atoms with Gasteiger partial charge in [0.2, 0.25) is 5.95 Å². The number of aromatic nitrogens is 2. The van der Waals surface area contributed by atoms with Crippen molar-refractivity contribution >= 4 is 11.7 Å². The molecule has 0 radical (unpaired) electrons. The lowest BCUT2D eigenvalue weighted by molar-refractivity contribution is 0.160. The molecule has 1 aliphatic rings. The fourth-order valence-corrected chi connectivity index (χ4v) is 2.43. The van der Waals surface area contributed by atoms with Crippen LogP contribution in [0.2, 0.25) is 0 Å². The maximum atomic E-state index is 5.65. The summed E-state index contributed by atoms with van der Waals surface area (Å²) in [6, 6.07) is 10.4. The summed E-state index contributed by atoms with van der Waals surface area (Å²) in [4.78, 5) is 8.88. The molecule has 5 heteroatoms. The first-order valence-electron chi connectivity index (χ1n) is 7.50. The van der Waals surface area contributed by atoms with Crippen molar-refractivity contribution in [1.82, 2.24) is 9.97 Å². The van der Waals surface area contributed by atoms with E-state index in [9.17, 15) is 0 Å². The predicted octanol–water partition coefficient (Wildman–Crippen LogP) is 2.85. The summed E-state index contributed by atoms with van der Waals surface area (Å²) in [5.41, 5.74) is 5.15. The van der Waals surface area contributed by atoms with E-state index in [1.54, 1.807) is 5.01 Å². The number of hydrogen-bond acceptors (Lipinski definition) is 5. The van der Waals surface area contributed by atoms with Crippen LogP contribution in [0.15, 0.2) is 35.4 Å². The Bertz CT molecular complexity index is 674. The molecular formula is C17H20N4O. The fourth-order valence-electron chi connectivity index (χ4n) is 2.43. The molecule has 2 aromatic rings. The minimum absolute atomic E-state index is 0.374. The Kier molecular flexibility index (Phi) is 4.15. The van der Waals surface area contributed by atoms with Gasteiger partial charge in [0, 0.05) is 17.0 Å². The Morgan fingerprint density at radius 1 is 1.09 bits per heavy atom. The van der Waals surface area contributed by atoms with Crippen LogP contribution in [0.4, 0.5) is 5.95 Å². The van der Waals surface area contributed by atoms with Gasteiger partial charge >= 0.3 is 0 Å². The molecule has 0 atom stereocenters. The molecule has 0 fully saturated rings. The second-order valence-electron chi connectivity index (χ2n) is 5.42. The molecule has 0 N–H and O–H groups in total. The Hall–Kier alpha value is -2.27. The molecule has 1 aromatic carbocycles. The average molecular weight is 296 g/mol. The smallest absolute Gasteiger partial charge is 0.248 e. The minimum Gasteiger partial charge on any atom is -0.353 e. The van der Waals surface area contributed by atoms with E-state index in [1.807, 2.05) is 19.9 Å². The number of nitrogens with zero attached hydrogens (tertiary/aromatic N) is 4. The van der Waals surface area contributed by atoms with Crippen LogP contribution < -0.4 is 5.01 Å². The van der Waals surface area contributed by atoms with Crippen LogP contribution in [-0.4, -0.2) is 29.0 Å². The second-order valence-corrected chi connectivity index (χ2v) is 5.42. The lowest BCUT2D eigenvalue weighted by Crippen LogP contribution is -2.32. The second kappa shape index (κ2) is 6.23. The Labute approximate surface area is 130 Å². The van der Waals surface area contributed by atoms with E-state index in [-0.39, 0.29) is 0 Å². The topological polar surface area (TPSA) is 50.6 Å². The van der Waals surface area contributed by atoms with Crippen LogP contribution in [0.5, 0.6) is 0 Å². The summed E-state index contributed by atoms with van der Waals surface area (Å²) in [6.07, 6.45) is 1.03. The highest BCUT2D eigenvalue weighted by Crippen LogP contribution is 2.16. The molecule has 114 valence electrons. The zero-order valence-corrected chi connectivity index (χ0v) is 13.2. The van der Waals surface area contributed by atoms with E-state index in [2.05, 4.69) is 46.3 Å². The van der Waals surface area contributed by atoms with Gasteiger partial charge in [0.25, 0.3) is 0 Å². The fraction of sp³-hybridized carbons (Fsp3) is 0.353. The highest BCUT2D eigenvalue weighted by Gasteiger charge is 2.18. The molecule has 0 spiro atoms. The average Bonchev–Trinajstić information content (AvgIpc) is 2.54. The zero-order chi connectivity index (χ0) is 15.5. The van der Waals surface area contributed by atoms with E-state index >= 15 is 0 Å². The third kappa shape index (κ3) is 3.14. The summed E-state index contributed by atoms with van der Waals surface area (Å²) in [5.74, 6) is 0.583. The number of hydrogen-bond donors (Lipinski definition) is 0. The summed E-state index contributed by atoms with van der Waals surface area (Å²) >= 11 is 0. The molecule has 1 aliphatic heterocycles. The van der Waals surface area contributed by atoms with Crippen molar-refractivity contribution in [3.05, 3.63) is 52.8 Å². The molecule has 3 rings (SSSR count). The molecule has 0 unspecified atom stereocenters. The normalized spacial score (nSPS) is 14.9. The van der Waals surface area contributed by atoms with Gasteiger partial charge in [0.05, 0.1) is 12.3 Å². The zero-order valence-electron chi connectivity index (χ0n) is 13.2. The highest BCUT2D eigenvalue weighted by atomic mass is 16.5. The van der Waals surface area contributed by atoms with Crippen molar-refractivity contribution in [2.24, 2.45) is 5.10 Å². The van der Waals surface area contributed by atoms with Crippen molar-refractivity contribution in [2.45, 2.75) is 27.2 Å². The van der Waals surface area contributed by atoms with E-state index in [0.717, 1.165) is 29.1 Å². The number of rotatable bonds is 3. The minimum atomic E-state index is 0.374. The van der Waals surface area contributed by atoms with Gasteiger partial charge in [-0.15, -0.1) is 0 Å². The molecule has 2 heterocycles. The van der Waals surface area contributed by atoms with Crippen LogP contribution in [0, 0.1) is 13.8 Å². The van der Waals surface area contributed by atoms with Gasteiger partial charge in [-0.3, -0.25) is 0 Å². The standard InChI is InChI=1S/C17H20N4O/c1-4-14-5-7-15(8-6-14)16-10-22-11-21(20-16)17-18-12(2)9-13(3)19-17/h5-9H,4,10-11H2,1-3H3. The van der Waals surface area contributed by atoms with Gasteiger partial charge < -0.3 is 4.74 Å². The van der Waals surface area contributed by atoms with E-state index in [4.69, 9.17) is 4.74 Å². The first-order valence-corrected chi connectivity index (χ1v) is 7.50. The molecule has 0 bridgehead atoms. The third-order valence-electron chi connectivity index (χ3n) is 3.59. The molecule has 0 saturated carbocycles. The molecule has 5 nitrogen and oxygen atoms in total. The van der Waals surface area contributed by atoms with Crippen LogP contribution in [0.25, 0.3) is 0 Å². The monoisotopic (exact) mass is 296 g/mol. The van der Waals surface area contributed by atoms with Gasteiger partial charge in [-0.2, -0.15) is 5.10 Å². The summed E-state index contributed by atoms with van der Waals surface area (Å²) in [5, 5.41) is 6.37. The predicted molar refractivity (Wildman–Crippen MR) is 87.2 cm³/mol. The summed E-state index contributed by atoms with van der Waals surface area (Å²) in [6.45, 7) is 6.94. The van der Waals surface area contributed by atoms with Crippen LogP contribution in [0.1, 0.15) is 29.4 Å². The van der Waals surface area contributed by atoms with E-state index < -0.39 is 0 Å². The Morgan fingerprint density at radius 2 is 1.77 bits per heavy atom. The maximum Gasteiger partial charge on any atom is 0.248 e. The highest BCUT2D eigenvalue weighted by molar-refractivity contribution is 6.02. The van der Waals surface area contributed by atoms with E-state index in [1.165, 1.54) is 5.56 Å². The number of hydrazone groups is 1. The van der Waals surface area contributed by atoms with E-state index in [0.29, 0.717) is 19.3 Å². The molecule has 0 saturated heterocycles. The van der Waals surface area contributed by atoms with Crippen molar-refractivity contribution in [3.63, 3.8) is 0 Å². The van der Waals surface area contributed by atoms with Gasteiger partial charge in [-0.25, -0.2) is 15.0 Å². The number of ether oxygens (including phenoxy) is 1. The molecule has 1 aromatic heterocycles. The number of aryl methyl sites for hydroxylation is 3. The lowest BCUT2D eigenvalue weighted by Gasteiger charge is -2.24. The van der Waals surface area contributed by atoms with Crippen LogP contribution >= 0.6 is 0 Å². The quantitative estimate of drug-likeness (QED) is 0.874. The Balaban J connectivity index is 1.90. The molecule has 0 amide bonds. The van der Waals surface area contributed by atoms with Crippen LogP contribution in [-0.2, 0) is 11.2 Å². The molecule has 22 heavy (non-hydrogen) atoms. The first kappa shape index (κ1) is 14.7. The molecular weight excluding hydrogens is 276 g/mol. The number of benzene rings is 1. The SMILES string of the molecule is CCc1ccc(C2=NN(c3nc(C)cc(C)n3)COC2)cc1.